The minimum Gasteiger partial charge on any atom is -0.483 e. The molecule has 0 aliphatic rings. The highest BCUT2D eigenvalue weighted by molar-refractivity contribution is 6.32. The molecule has 1 aromatic carbocycles. The van der Waals surface area contributed by atoms with Crippen LogP contribution in [0.2, 0.25) is 5.02 Å². The molecule has 0 bridgehead atoms. The summed E-state index contributed by atoms with van der Waals surface area (Å²) in [7, 11) is 0. The fourth-order valence-corrected chi connectivity index (χ4v) is 3.02. The Hall–Kier alpha value is -2.81. The molecule has 0 radical (unpaired) electrons. The SMILES string of the molecule is CC(C)C(=O)NCCc1ncccc1C(=O)NC(C)c1ccc(OCC(F)(F)F)c(Cl)c1. The van der Waals surface area contributed by atoms with Gasteiger partial charge in [-0.3, -0.25) is 14.6 Å². The maximum atomic E-state index is 12.8. The van der Waals surface area contributed by atoms with E-state index in [1.807, 2.05) is 0 Å². The van der Waals surface area contributed by atoms with E-state index in [0.717, 1.165) is 0 Å². The van der Waals surface area contributed by atoms with Gasteiger partial charge in [-0.15, -0.1) is 0 Å². The third-order valence-corrected chi connectivity index (χ3v) is 4.81. The number of nitrogens with zero attached hydrogens (tertiary/aromatic N) is 1. The monoisotopic (exact) mass is 471 g/mol. The van der Waals surface area contributed by atoms with E-state index in [4.69, 9.17) is 11.6 Å². The van der Waals surface area contributed by atoms with Crippen LogP contribution in [0, 0.1) is 5.92 Å². The molecule has 10 heteroatoms. The first-order valence-corrected chi connectivity index (χ1v) is 10.4. The van der Waals surface area contributed by atoms with Crippen LogP contribution in [0.4, 0.5) is 13.2 Å². The van der Waals surface area contributed by atoms with Crippen LogP contribution in [0.3, 0.4) is 0 Å². The van der Waals surface area contributed by atoms with E-state index in [1.54, 1.807) is 39.1 Å². The van der Waals surface area contributed by atoms with E-state index in [2.05, 4.69) is 20.4 Å². The summed E-state index contributed by atoms with van der Waals surface area (Å²) in [6.45, 7) is 4.20. The topological polar surface area (TPSA) is 80.3 Å². The van der Waals surface area contributed by atoms with Crippen LogP contribution in [0.1, 0.15) is 48.4 Å². The molecule has 2 aromatic rings. The molecule has 0 fully saturated rings. The van der Waals surface area contributed by atoms with Crippen molar-refractivity contribution in [2.45, 2.75) is 39.4 Å². The number of rotatable bonds is 9. The highest BCUT2D eigenvalue weighted by Gasteiger charge is 2.29. The lowest BCUT2D eigenvalue weighted by Crippen LogP contribution is -2.31. The first kappa shape index (κ1) is 25.5. The highest BCUT2D eigenvalue weighted by atomic mass is 35.5. The summed E-state index contributed by atoms with van der Waals surface area (Å²) in [4.78, 5) is 28.8. The zero-order valence-corrected chi connectivity index (χ0v) is 18.7. The van der Waals surface area contributed by atoms with Gasteiger partial charge in [0.2, 0.25) is 5.91 Å². The maximum absolute atomic E-state index is 12.8. The molecule has 0 aliphatic heterocycles. The van der Waals surface area contributed by atoms with Crippen molar-refractivity contribution in [2.24, 2.45) is 5.92 Å². The van der Waals surface area contributed by atoms with Gasteiger partial charge in [0.1, 0.15) is 5.75 Å². The van der Waals surface area contributed by atoms with Gasteiger partial charge >= 0.3 is 6.18 Å². The highest BCUT2D eigenvalue weighted by Crippen LogP contribution is 2.29. The average Bonchev–Trinajstić information content (AvgIpc) is 2.72. The van der Waals surface area contributed by atoms with Crippen molar-refractivity contribution in [2.75, 3.05) is 13.2 Å². The Morgan fingerprint density at radius 3 is 2.53 bits per heavy atom. The van der Waals surface area contributed by atoms with Crippen molar-refractivity contribution in [3.05, 3.63) is 58.4 Å². The molecule has 0 spiro atoms. The predicted octanol–water partition coefficient (Wildman–Crippen LogP) is 4.48. The minimum absolute atomic E-state index is 0.0100. The van der Waals surface area contributed by atoms with E-state index >= 15 is 0 Å². The molecule has 1 heterocycles. The summed E-state index contributed by atoms with van der Waals surface area (Å²) in [5.74, 6) is -0.687. The molecule has 0 saturated carbocycles. The van der Waals surface area contributed by atoms with Crippen LogP contribution in [0.25, 0.3) is 0 Å². The summed E-state index contributed by atoms with van der Waals surface area (Å²) < 4.78 is 41.7. The maximum Gasteiger partial charge on any atom is 0.422 e. The third kappa shape index (κ3) is 7.71. The summed E-state index contributed by atoms with van der Waals surface area (Å²) in [6, 6.07) is 7.11. The Morgan fingerprint density at radius 2 is 1.91 bits per heavy atom. The van der Waals surface area contributed by atoms with Gasteiger partial charge in [0, 0.05) is 25.1 Å². The van der Waals surface area contributed by atoms with Gasteiger partial charge < -0.3 is 15.4 Å². The molecule has 32 heavy (non-hydrogen) atoms. The Bertz CT molecular complexity index is 952. The second-order valence-corrected chi connectivity index (χ2v) is 7.89. The Morgan fingerprint density at radius 1 is 1.19 bits per heavy atom. The normalized spacial score (nSPS) is 12.4. The van der Waals surface area contributed by atoms with Crippen LogP contribution >= 0.6 is 11.6 Å². The van der Waals surface area contributed by atoms with Gasteiger partial charge in [0.05, 0.1) is 22.3 Å². The number of ether oxygens (including phenoxy) is 1. The number of hydrogen-bond acceptors (Lipinski definition) is 4. The number of aromatic nitrogens is 1. The zero-order valence-electron chi connectivity index (χ0n) is 17.9. The van der Waals surface area contributed by atoms with Gasteiger partial charge in [0.25, 0.3) is 5.91 Å². The number of pyridine rings is 1. The second-order valence-electron chi connectivity index (χ2n) is 7.48. The van der Waals surface area contributed by atoms with Crippen molar-refractivity contribution < 1.29 is 27.5 Å². The number of hydrogen-bond donors (Lipinski definition) is 2. The molecule has 2 amide bonds. The van der Waals surface area contributed by atoms with Crippen LogP contribution < -0.4 is 15.4 Å². The van der Waals surface area contributed by atoms with E-state index in [-0.39, 0.29) is 28.5 Å². The Labute approximate surface area is 189 Å². The smallest absolute Gasteiger partial charge is 0.422 e. The van der Waals surface area contributed by atoms with E-state index in [0.29, 0.717) is 29.8 Å². The average molecular weight is 472 g/mol. The molecular weight excluding hydrogens is 447 g/mol. The molecule has 0 aliphatic carbocycles. The van der Waals surface area contributed by atoms with Crippen LogP contribution in [-0.2, 0) is 11.2 Å². The molecule has 1 atom stereocenters. The van der Waals surface area contributed by atoms with Crippen molar-refractivity contribution in [1.29, 1.82) is 0 Å². The van der Waals surface area contributed by atoms with E-state index < -0.39 is 18.8 Å². The Kier molecular flexibility index (Phi) is 8.89. The standard InChI is InChI=1S/C22H25ClF3N3O3/c1-13(2)20(30)28-10-8-18-16(5-4-9-27-18)21(31)29-14(3)15-6-7-19(17(23)11-15)32-12-22(24,25)26/h4-7,9,11,13-14H,8,10,12H2,1-3H3,(H,28,30)(H,29,31). The van der Waals surface area contributed by atoms with Crippen LogP contribution in [-0.4, -0.2) is 36.1 Å². The molecule has 2 rings (SSSR count). The quantitative estimate of drug-likeness (QED) is 0.565. The minimum atomic E-state index is -4.47. The molecular formula is C22H25ClF3N3O3. The van der Waals surface area contributed by atoms with Gasteiger partial charge in [-0.1, -0.05) is 31.5 Å². The van der Waals surface area contributed by atoms with Gasteiger partial charge in [-0.25, -0.2) is 0 Å². The zero-order chi connectivity index (χ0) is 23.9. The number of carbonyl (C=O) groups is 2. The number of amides is 2. The van der Waals surface area contributed by atoms with Gasteiger partial charge in [-0.2, -0.15) is 13.2 Å². The lowest BCUT2D eigenvalue weighted by Gasteiger charge is -2.17. The van der Waals surface area contributed by atoms with Crippen molar-refractivity contribution in [3.63, 3.8) is 0 Å². The summed E-state index contributed by atoms with van der Waals surface area (Å²) in [6.07, 6.45) is -2.52. The molecule has 1 unspecified atom stereocenters. The summed E-state index contributed by atoms with van der Waals surface area (Å²) >= 11 is 6.04. The number of carbonyl (C=O) groups excluding carboxylic acids is 2. The molecule has 174 valence electrons. The van der Waals surface area contributed by atoms with E-state index in [1.165, 1.54) is 18.2 Å². The predicted molar refractivity (Wildman–Crippen MR) is 115 cm³/mol. The number of nitrogens with one attached hydrogen (secondary N) is 2. The van der Waals surface area contributed by atoms with Crippen molar-refractivity contribution >= 4 is 23.4 Å². The van der Waals surface area contributed by atoms with E-state index in [9.17, 15) is 22.8 Å². The lowest BCUT2D eigenvalue weighted by molar-refractivity contribution is -0.153. The van der Waals surface area contributed by atoms with Crippen LogP contribution in [0.15, 0.2) is 36.5 Å². The molecule has 1 aromatic heterocycles. The largest absolute Gasteiger partial charge is 0.483 e. The van der Waals surface area contributed by atoms with Gasteiger partial charge in [0.15, 0.2) is 6.61 Å². The summed E-state index contributed by atoms with van der Waals surface area (Å²) in [5, 5.41) is 5.62. The molecule has 2 N–H and O–H groups in total. The second kappa shape index (κ2) is 11.2. The number of halogens is 4. The number of benzene rings is 1. The van der Waals surface area contributed by atoms with Gasteiger partial charge in [-0.05, 0) is 36.8 Å². The van der Waals surface area contributed by atoms with Crippen molar-refractivity contribution in [1.82, 2.24) is 15.6 Å². The molecule has 0 saturated heterocycles. The Balaban J connectivity index is 2.03. The summed E-state index contributed by atoms with van der Waals surface area (Å²) in [5.41, 5.74) is 1.50. The number of alkyl halides is 3. The lowest BCUT2D eigenvalue weighted by atomic mass is 10.1. The first-order valence-electron chi connectivity index (χ1n) is 9.99. The van der Waals surface area contributed by atoms with Crippen LogP contribution in [0.5, 0.6) is 5.75 Å². The van der Waals surface area contributed by atoms with Crippen molar-refractivity contribution in [3.8, 4) is 5.75 Å². The molecule has 6 nitrogen and oxygen atoms in total. The fourth-order valence-electron chi connectivity index (χ4n) is 2.77. The fraction of sp³-hybridized carbons (Fsp3) is 0.409. The first-order chi connectivity index (χ1) is 15.0. The third-order valence-electron chi connectivity index (χ3n) is 4.52.